The molecular formula is C18H22N2O4. The fourth-order valence-corrected chi connectivity index (χ4v) is 2.96. The summed E-state index contributed by atoms with van der Waals surface area (Å²) in [7, 11) is 1.62. The van der Waals surface area contributed by atoms with Crippen LogP contribution < -0.4 is 4.74 Å². The second-order valence-corrected chi connectivity index (χ2v) is 6.15. The lowest BCUT2D eigenvalue weighted by molar-refractivity contribution is -0.142. The van der Waals surface area contributed by atoms with E-state index in [-0.39, 0.29) is 24.5 Å². The highest BCUT2D eigenvalue weighted by Gasteiger charge is 2.26. The van der Waals surface area contributed by atoms with Crippen LogP contribution in [0.1, 0.15) is 19.5 Å². The summed E-state index contributed by atoms with van der Waals surface area (Å²) >= 11 is 0. The van der Waals surface area contributed by atoms with E-state index in [2.05, 4.69) is 5.16 Å². The second-order valence-electron chi connectivity index (χ2n) is 6.15. The molecule has 0 spiro atoms. The number of carbonyl (C=O) groups is 1. The lowest BCUT2D eigenvalue weighted by atomic mass is 10.1. The van der Waals surface area contributed by atoms with Gasteiger partial charge in [0.25, 0.3) is 0 Å². The van der Waals surface area contributed by atoms with E-state index in [4.69, 9.17) is 14.0 Å². The Kier molecular flexibility index (Phi) is 4.85. The largest absolute Gasteiger partial charge is 0.497 e. The van der Waals surface area contributed by atoms with Crippen molar-refractivity contribution in [3.05, 3.63) is 36.0 Å². The van der Waals surface area contributed by atoms with Gasteiger partial charge in [-0.05, 0) is 26.0 Å². The van der Waals surface area contributed by atoms with Crippen LogP contribution in [0.5, 0.6) is 5.75 Å². The lowest BCUT2D eigenvalue weighted by Gasteiger charge is -2.35. The molecule has 2 heterocycles. The number of ether oxygens (including phenoxy) is 2. The maximum absolute atomic E-state index is 12.5. The van der Waals surface area contributed by atoms with Crippen LogP contribution in [-0.4, -0.2) is 48.4 Å². The van der Waals surface area contributed by atoms with E-state index in [9.17, 15) is 4.79 Å². The van der Waals surface area contributed by atoms with E-state index in [1.54, 1.807) is 13.2 Å². The first-order valence-corrected chi connectivity index (χ1v) is 8.08. The van der Waals surface area contributed by atoms with Gasteiger partial charge in [0.15, 0.2) is 5.76 Å². The summed E-state index contributed by atoms with van der Waals surface area (Å²) in [4.78, 5) is 14.3. The molecule has 1 fully saturated rings. The number of rotatable bonds is 4. The number of morpholine rings is 1. The number of carbonyl (C=O) groups excluding carboxylic acids is 1. The average molecular weight is 330 g/mol. The van der Waals surface area contributed by atoms with Crippen LogP contribution in [0.15, 0.2) is 34.9 Å². The Labute approximate surface area is 141 Å². The first-order chi connectivity index (χ1) is 11.5. The Morgan fingerprint density at radius 2 is 2.04 bits per heavy atom. The molecule has 6 nitrogen and oxygen atoms in total. The number of amides is 1. The third-order valence-electron chi connectivity index (χ3n) is 4.02. The summed E-state index contributed by atoms with van der Waals surface area (Å²) in [5.41, 5.74) is 1.50. The average Bonchev–Trinajstić information content (AvgIpc) is 3.02. The molecule has 6 heteroatoms. The minimum Gasteiger partial charge on any atom is -0.497 e. The summed E-state index contributed by atoms with van der Waals surface area (Å²) in [6.07, 6.45) is 0.345. The fourth-order valence-electron chi connectivity index (χ4n) is 2.96. The Hall–Kier alpha value is -2.34. The standard InChI is InChI=1S/C18H22N2O4/c1-12-10-20(11-13(2)23-12)18(21)9-15-8-17(24-19-15)14-5-4-6-16(7-14)22-3/h4-8,12-13H,9-11H2,1-3H3/t12-,13+. The molecule has 1 aliphatic rings. The van der Waals surface area contributed by atoms with E-state index in [0.29, 0.717) is 24.5 Å². The summed E-state index contributed by atoms with van der Waals surface area (Å²) < 4.78 is 16.3. The van der Waals surface area contributed by atoms with Crippen molar-refractivity contribution < 1.29 is 18.8 Å². The van der Waals surface area contributed by atoms with Crippen molar-refractivity contribution in [3.8, 4) is 17.1 Å². The molecule has 1 amide bonds. The Bertz CT molecular complexity index is 703. The van der Waals surface area contributed by atoms with Crippen LogP contribution in [0.25, 0.3) is 11.3 Å². The predicted molar refractivity (Wildman–Crippen MR) is 88.8 cm³/mol. The number of hydrogen-bond donors (Lipinski definition) is 0. The van der Waals surface area contributed by atoms with Crippen molar-refractivity contribution in [2.75, 3.05) is 20.2 Å². The molecule has 2 aromatic rings. The molecule has 0 unspecified atom stereocenters. The molecule has 0 aliphatic carbocycles. The van der Waals surface area contributed by atoms with Crippen molar-refractivity contribution in [2.24, 2.45) is 0 Å². The van der Waals surface area contributed by atoms with Crippen molar-refractivity contribution in [1.82, 2.24) is 10.1 Å². The van der Waals surface area contributed by atoms with Crippen LogP contribution >= 0.6 is 0 Å². The molecule has 0 N–H and O–H groups in total. The quantitative estimate of drug-likeness (QED) is 0.862. The zero-order valence-electron chi connectivity index (χ0n) is 14.2. The summed E-state index contributed by atoms with van der Waals surface area (Å²) in [6.45, 7) is 5.19. The smallest absolute Gasteiger partial charge is 0.228 e. The first kappa shape index (κ1) is 16.5. The van der Waals surface area contributed by atoms with E-state index in [1.807, 2.05) is 43.0 Å². The van der Waals surface area contributed by atoms with Crippen molar-refractivity contribution in [3.63, 3.8) is 0 Å². The minimum absolute atomic E-state index is 0.0440. The molecule has 3 rings (SSSR count). The van der Waals surface area contributed by atoms with Gasteiger partial charge in [-0.25, -0.2) is 0 Å². The van der Waals surface area contributed by atoms with Crippen molar-refractivity contribution >= 4 is 5.91 Å². The first-order valence-electron chi connectivity index (χ1n) is 8.08. The highest BCUT2D eigenvalue weighted by molar-refractivity contribution is 5.79. The fraction of sp³-hybridized carbons (Fsp3) is 0.444. The third-order valence-corrected chi connectivity index (χ3v) is 4.02. The summed E-state index contributed by atoms with van der Waals surface area (Å²) in [5.74, 6) is 1.42. The molecule has 0 saturated carbocycles. The maximum Gasteiger partial charge on any atom is 0.228 e. The van der Waals surface area contributed by atoms with E-state index >= 15 is 0 Å². The third kappa shape index (κ3) is 3.76. The SMILES string of the molecule is COc1cccc(-c2cc(CC(=O)N3C[C@@H](C)O[C@@H](C)C3)no2)c1. The molecule has 2 atom stereocenters. The highest BCUT2D eigenvalue weighted by atomic mass is 16.5. The predicted octanol–water partition coefficient (Wildman–Crippen LogP) is 2.53. The Morgan fingerprint density at radius 3 is 2.75 bits per heavy atom. The highest BCUT2D eigenvalue weighted by Crippen LogP contribution is 2.24. The molecule has 1 aromatic heterocycles. The van der Waals surface area contributed by atoms with E-state index in [0.717, 1.165) is 11.3 Å². The van der Waals surface area contributed by atoms with Gasteiger partial charge in [-0.1, -0.05) is 17.3 Å². The lowest BCUT2D eigenvalue weighted by Crippen LogP contribution is -2.48. The van der Waals surface area contributed by atoms with Gasteiger partial charge >= 0.3 is 0 Å². The van der Waals surface area contributed by atoms with Crippen LogP contribution in [0.2, 0.25) is 0 Å². The monoisotopic (exact) mass is 330 g/mol. The zero-order valence-corrected chi connectivity index (χ0v) is 14.2. The molecule has 1 aromatic carbocycles. The van der Waals surface area contributed by atoms with Crippen molar-refractivity contribution in [1.29, 1.82) is 0 Å². The van der Waals surface area contributed by atoms with E-state index < -0.39 is 0 Å². The molecule has 24 heavy (non-hydrogen) atoms. The van der Waals surface area contributed by atoms with Crippen LogP contribution in [0.4, 0.5) is 0 Å². The van der Waals surface area contributed by atoms with Gasteiger partial charge < -0.3 is 18.9 Å². The molecule has 1 saturated heterocycles. The van der Waals surface area contributed by atoms with Crippen molar-refractivity contribution in [2.45, 2.75) is 32.5 Å². The molecule has 0 radical (unpaired) electrons. The number of methoxy groups -OCH3 is 1. The topological polar surface area (TPSA) is 64.8 Å². The minimum atomic E-state index is 0.0440. The van der Waals surface area contributed by atoms with Gasteiger partial charge in [-0.15, -0.1) is 0 Å². The zero-order chi connectivity index (χ0) is 17.1. The molecular weight excluding hydrogens is 308 g/mol. The van der Waals surface area contributed by atoms with Crippen LogP contribution in [0, 0.1) is 0 Å². The van der Waals surface area contributed by atoms with Gasteiger partial charge in [0.1, 0.15) is 5.75 Å². The molecule has 0 bridgehead atoms. The van der Waals surface area contributed by atoms with Gasteiger partial charge in [-0.2, -0.15) is 0 Å². The van der Waals surface area contributed by atoms with E-state index in [1.165, 1.54) is 0 Å². The van der Waals surface area contributed by atoms with Gasteiger partial charge in [0, 0.05) is 24.7 Å². The molecule has 128 valence electrons. The van der Waals surface area contributed by atoms with Crippen LogP contribution in [0.3, 0.4) is 0 Å². The number of aromatic nitrogens is 1. The maximum atomic E-state index is 12.5. The second kappa shape index (κ2) is 7.05. The van der Waals surface area contributed by atoms with Crippen LogP contribution in [-0.2, 0) is 16.0 Å². The Morgan fingerprint density at radius 1 is 1.29 bits per heavy atom. The van der Waals surface area contributed by atoms with Gasteiger partial charge in [-0.3, -0.25) is 4.79 Å². The van der Waals surface area contributed by atoms with Gasteiger partial charge in [0.05, 0.1) is 31.4 Å². The Balaban J connectivity index is 1.68. The summed E-state index contributed by atoms with van der Waals surface area (Å²) in [6, 6.07) is 9.35. The number of nitrogens with zero attached hydrogens (tertiary/aromatic N) is 2. The normalized spacial score (nSPS) is 20.9. The summed E-state index contributed by atoms with van der Waals surface area (Å²) in [5, 5.41) is 4.03. The van der Waals surface area contributed by atoms with Gasteiger partial charge in [0.2, 0.25) is 5.91 Å². The number of benzene rings is 1. The number of hydrogen-bond acceptors (Lipinski definition) is 5. The molecule has 1 aliphatic heterocycles.